The van der Waals surface area contributed by atoms with Crippen molar-refractivity contribution in [3.63, 3.8) is 0 Å². The molecule has 2 aliphatic rings. The zero-order chi connectivity index (χ0) is 15.4. The molecule has 2 heterocycles. The number of benzene rings is 1. The van der Waals surface area contributed by atoms with E-state index in [1.807, 2.05) is 6.07 Å². The molecule has 2 saturated heterocycles. The van der Waals surface area contributed by atoms with E-state index in [2.05, 4.69) is 29.4 Å². The van der Waals surface area contributed by atoms with E-state index in [1.165, 1.54) is 18.4 Å². The Hall–Kier alpha value is -1.26. The second-order valence-corrected chi connectivity index (χ2v) is 6.66. The van der Waals surface area contributed by atoms with Crippen molar-refractivity contribution in [3.05, 3.63) is 23.8 Å². The van der Waals surface area contributed by atoms with E-state index in [0.29, 0.717) is 5.92 Å². The largest absolute Gasteiger partial charge is 0.493 e. The van der Waals surface area contributed by atoms with Crippen molar-refractivity contribution in [1.82, 2.24) is 10.2 Å². The predicted molar refractivity (Wildman–Crippen MR) is 88.8 cm³/mol. The molecule has 2 unspecified atom stereocenters. The first kappa shape index (κ1) is 15.6. The third-order valence-corrected chi connectivity index (χ3v) is 4.81. The summed E-state index contributed by atoms with van der Waals surface area (Å²) >= 11 is 0. The van der Waals surface area contributed by atoms with Gasteiger partial charge >= 0.3 is 0 Å². The summed E-state index contributed by atoms with van der Waals surface area (Å²) in [6, 6.07) is 6.32. The monoisotopic (exact) mass is 304 g/mol. The number of likely N-dealkylation sites (tertiary alicyclic amines) is 1. The molecule has 0 aromatic heterocycles. The van der Waals surface area contributed by atoms with Crippen molar-refractivity contribution < 1.29 is 9.47 Å². The molecule has 4 nitrogen and oxygen atoms in total. The highest BCUT2D eigenvalue weighted by molar-refractivity contribution is 5.47. The predicted octanol–water partition coefficient (Wildman–Crippen LogP) is 2.32. The molecule has 2 atom stereocenters. The van der Waals surface area contributed by atoms with Gasteiger partial charge in [0.15, 0.2) is 11.5 Å². The molecule has 0 bridgehead atoms. The minimum absolute atomic E-state index is 0.283. The first-order valence-electron chi connectivity index (χ1n) is 8.48. The summed E-state index contributed by atoms with van der Waals surface area (Å²) in [4.78, 5) is 2.31. The molecule has 22 heavy (non-hydrogen) atoms. The summed E-state index contributed by atoms with van der Waals surface area (Å²) in [5.41, 5.74) is 1.28. The van der Waals surface area contributed by atoms with Crippen LogP contribution in [0.3, 0.4) is 0 Å². The van der Waals surface area contributed by atoms with Crippen LogP contribution in [0.25, 0.3) is 0 Å². The minimum atomic E-state index is 0.283. The molecule has 1 aromatic carbocycles. The molecule has 122 valence electrons. The third kappa shape index (κ3) is 3.73. The van der Waals surface area contributed by atoms with Gasteiger partial charge in [-0.05, 0) is 63.4 Å². The van der Waals surface area contributed by atoms with Gasteiger partial charge in [-0.1, -0.05) is 12.1 Å². The van der Waals surface area contributed by atoms with Gasteiger partial charge in [0.25, 0.3) is 0 Å². The smallest absolute Gasteiger partial charge is 0.163 e. The number of para-hydroxylation sites is 1. The van der Waals surface area contributed by atoms with Crippen LogP contribution in [0.2, 0.25) is 0 Å². The molecule has 0 aliphatic carbocycles. The van der Waals surface area contributed by atoms with Crippen LogP contribution in [-0.4, -0.2) is 51.3 Å². The Bertz CT molecular complexity index is 461. The fourth-order valence-corrected chi connectivity index (χ4v) is 3.63. The van der Waals surface area contributed by atoms with E-state index in [1.54, 1.807) is 7.11 Å². The standard InChI is InChI=1S/C18H28N2O2/c1-20-10-8-16(13-20)22-17-7-3-6-15(18(17)21-2)11-14-5-4-9-19-12-14/h3,6-7,14,16,19H,4-5,8-13H2,1-2H3. The Balaban J connectivity index is 1.71. The second kappa shape index (κ2) is 7.34. The SMILES string of the molecule is COc1c(CC2CCCNC2)cccc1OC1CCN(C)C1. The van der Waals surface area contributed by atoms with Gasteiger partial charge < -0.3 is 19.7 Å². The Morgan fingerprint density at radius 2 is 2.23 bits per heavy atom. The fourth-order valence-electron chi connectivity index (χ4n) is 3.63. The molecule has 0 saturated carbocycles. The summed E-state index contributed by atoms with van der Waals surface area (Å²) in [5.74, 6) is 2.54. The van der Waals surface area contributed by atoms with E-state index in [9.17, 15) is 0 Å². The molecule has 0 amide bonds. The number of nitrogens with zero attached hydrogens (tertiary/aromatic N) is 1. The lowest BCUT2D eigenvalue weighted by Crippen LogP contribution is -2.31. The zero-order valence-corrected chi connectivity index (χ0v) is 13.8. The maximum atomic E-state index is 6.22. The van der Waals surface area contributed by atoms with Crippen LogP contribution in [0, 0.1) is 5.92 Å². The van der Waals surface area contributed by atoms with E-state index in [0.717, 1.165) is 50.5 Å². The number of likely N-dealkylation sites (N-methyl/N-ethyl adjacent to an activating group) is 1. The van der Waals surface area contributed by atoms with Crippen molar-refractivity contribution in [2.75, 3.05) is 40.3 Å². The number of ether oxygens (including phenoxy) is 2. The zero-order valence-electron chi connectivity index (χ0n) is 13.8. The molecule has 1 aromatic rings. The van der Waals surface area contributed by atoms with Gasteiger partial charge in [-0.2, -0.15) is 0 Å². The number of hydrogen-bond donors (Lipinski definition) is 1. The van der Waals surface area contributed by atoms with Crippen LogP contribution in [0.1, 0.15) is 24.8 Å². The van der Waals surface area contributed by atoms with Crippen LogP contribution in [0.15, 0.2) is 18.2 Å². The summed E-state index contributed by atoms with van der Waals surface area (Å²) in [6.07, 6.45) is 5.02. The Kier molecular flexibility index (Phi) is 5.21. The third-order valence-electron chi connectivity index (χ3n) is 4.81. The summed E-state index contributed by atoms with van der Waals surface area (Å²) < 4.78 is 11.9. The summed E-state index contributed by atoms with van der Waals surface area (Å²) in [5, 5.41) is 3.49. The Morgan fingerprint density at radius 3 is 2.91 bits per heavy atom. The molecule has 3 rings (SSSR count). The normalized spacial score (nSPS) is 26.1. The van der Waals surface area contributed by atoms with Crippen molar-refractivity contribution in [2.24, 2.45) is 5.92 Å². The van der Waals surface area contributed by atoms with Gasteiger partial charge in [-0.15, -0.1) is 0 Å². The number of methoxy groups -OCH3 is 1. The highest BCUT2D eigenvalue weighted by Crippen LogP contribution is 2.34. The van der Waals surface area contributed by atoms with Crippen LogP contribution in [-0.2, 0) is 6.42 Å². The molecule has 4 heteroatoms. The summed E-state index contributed by atoms with van der Waals surface area (Å²) in [7, 11) is 3.90. The lowest BCUT2D eigenvalue weighted by atomic mass is 9.92. The van der Waals surface area contributed by atoms with Crippen molar-refractivity contribution in [3.8, 4) is 11.5 Å². The maximum Gasteiger partial charge on any atom is 0.163 e. The van der Waals surface area contributed by atoms with E-state index >= 15 is 0 Å². The van der Waals surface area contributed by atoms with Crippen LogP contribution in [0.5, 0.6) is 11.5 Å². The molecule has 2 aliphatic heterocycles. The minimum Gasteiger partial charge on any atom is -0.493 e. The first-order chi connectivity index (χ1) is 10.8. The van der Waals surface area contributed by atoms with Gasteiger partial charge in [-0.3, -0.25) is 0 Å². The number of rotatable bonds is 5. The Morgan fingerprint density at radius 1 is 1.32 bits per heavy atom. The van der Waals surface area contributed by atoms with Gasteiger partial charge in [0.05, 0.1) is 7.11 Å². The van der Waals surface area contributed by atoms with Crippen molar-refractivity contribution in [1.29, 1.82) is 0 Å². The van der Waals surface area contributed by atoms with Gasteiger partial charge in [0.2, 0.25) is 0 Å². The van der Waals surface area contributed by atoms with Gasteiger partial charge in [0.1, 0.15) is 6.10 Å². The topological polar surface area (TPSA) is 33.7 Å². The second-order valence-electron chi connectivity index (χ2n) is 6.66. The Labute approximate surface area is 133 Å². The molecular formula is C18H28N2O2. The lowest BCUT2D eigenvalue weighted by molar-refractivity contribution is 0.199. The quantitative estimate of drug-likeness (QED) is 0.905. The van der Waals surface area contributed by atoms with Crippen LogP contribution >= 0.6 is 0 Å². The highest BCUT2D eigenvalue weighted by Gasteiger charge is 2.23. The number of hydrogen-bond acceptors (Lipinski definition) is 4. The van der Waals surface area contributed by atoms with Gasteiger partial charge in [0, 0.05) is 13.1 Å². The van der Waals surface area contributed by atoms with Crippen LogP contribution in [0.4, 0.5) is 0 Å². The maximum absolute atomic E-state index is 6.22. The molecular weight excluding hydrogens is 276 g/mol. The number of nitrogens with one attached hydrogen (secondary N) is 1. The highest BCUT2D eigenvalue weighted by atomic mass is 16.5. The average Bonchev–Trinajstić information content (AvgIpc) is 2.94. The first-order valence-corrected chi connectivity index (χ1v) is 8.48. The lowest BCUT2D eigenvalue weighted by Gasteiger charge is -2.24. The van der Waals surface area contributed by atoms with E-state index in [4.69, 9.17) is 9.47 Å². The van der Waals surface area contributed by atoms with Crippen LogP contribution < -0.4 is 14.8 Å². The van der Waals surface area contributed by atoms with Crippen molar-refractivity contribution >= 4 is 0 Å². The van der Waals surface area contributed by atoms with Crippen molar-refractivity contribution in [2.45, 2.75) is 31.8 Å². The summed E-state index contributed by atoms with van der Waals surface area (Å²) in [6.45, 7) is 4.38. The molecule has 2 fully saturated rings. The molecule has 1 N–H and O–H groups in total. The van der Waals surface area contributed by atoms with E-state index in [-0.39, 0.29) is 6.10 Å². The fraction of sp³-hybridized carbons (Fsp3) is 0.667. The molecule has 0 radical (unpaired) electrons. The molecule has 0 spiro atoms. The average molecular weight is 304 g/mol. The number of piperidine rings is 1. The van der Waals surface area contributed by atoms with Gasteiger partial charge in [-0.25, -0.2) is 0 Å². The van der Waals surface area contributed by atoms with E-state index < -0.39 is 0 Å².